The second kappa shape index (κ2) is 9.47. The molecule has 8 nitrogen and oxygen atoms in total. The van der Waals surface area contributed by atoms with E-state index in [1.807, 2.05) is 0 Å². The summed E-state index contributed by atoms with van der Waals surface area (Å²) < 4.78 is 28.2. The minimum Gasteiger partial charge on any atom is -0.444 e. The summed E-state index contributed by atoms with van der Waals surface area (Å²) in [5, 5.41) is 21.0. The van der Waals surface area contributed by atoms with Gasteiger partial charge in [0.05, 0.1) is 25.9 Å². The quantitative estimate of drug-likeness (QED) is 0.548. The van der Waals surface area contributed by atoms with Gasteiger partial charge in [-0.15, -0.1) is 0 Å². The van der Waals surface area contributed by atoms with Gasteiger partial charge in [-0.05, 0) is 34.6 Å². The minimum absolute atomic E-state index is 0.110. The van der Waals surface area contributed by atoms with Crippen molar-refractivity contribution in [3.63, 3.8) is 0 Å². The zero-order chi connectivity index (χ0) is 17.4. The molecule has 0 radical (unpaired) electrons. The van der Waals surface area contributed by atoms with Crippen molar-refractivity contribution >= 4 is 13.7 Å². The Kier molecular flexibility index (Phi) is 9.19. The molecule has 132 valence electrons. The minimum atomic E-state index is -3.70. The largest absolute Gasteiger partial charge is 0.444 e. The third-order valence-electron chi connectivity index (χ3n) is 2.39. The van der Waals surface area contributed by atoms with Crippen LogP contribution >= 0.6 is 7.60 Å². The third kappa shape index (κ3) is 8.10. The second-order valence-electron chi connectivity index (χ2n) is 5.61. The predicted molar refractivity (Wildman–Crippen MR) is 81.7 cm³/mol. The zero-order valence-electron chi connectivity index (χ0n) is 13.9. The molecule has 9 heteroatoms. The SMILES string of the molecule is CCOP(=O)(OCC)[C@H](C[C@@H](O)CO)NC(=O)OC(C)(C)C. The first kappa shape index (κ1) is 21.3. The van der Waals surface area contributed by atoms with Gasteiger partial charge in [-0.25, -0.2) is 4.79 Å². The number of alkyl carbamates (subject to hydrolysis) is 1. The van der Waals surface area contributed by atoms with E-state index in [1.54, 1.807) is 34.6 Å². The van der Waals surface area contributed by atoms with E-state index in [4.69, 9.17) is 18.9 Å². The van der Waals surface area contributed by atoms with E-state index >= 15 is 0 Å². The van der Waals surface area contributed by atoms with Crippen molar-refractivity contribution in [2.45, 2.75) is 58.5 Å². The Morgan fingerprint density at radius 2 is 1.73 bits per heavy atom. The Hall–Kier alpha value is -0.660. The van der Waals surface area contributed by atoms with Crippen LogP contribution in [0.25, 0.3) is 0 Å². The van der Waals surface area contributed by atoms with Crippen LogP contribution in [0.4, 0.5) is 4.79 Å². The molecule has 3 N–H and O–H groups in total. The van der Waals surface area contributed by atoms with Crippen LogP contribution < -0.4 is 5.32 Å². The van der Waals surface area contributed by atoms with Crippen LogP contribution in [-0.4, -0.2) is 53.6 Å². The van der Waals surface area contributed by atoms with Gasteiger partial charge in [0.25, 0.3) is 0 Å². The molecule has 1 amide bonds. The molecule has 2 atom stereocenters. The summed E-state index contributed by atoms with van der Waals surface area (Å²) in [6, 6.07) is 0. The average molecular weight is 341 g/mol. The van der Waals surface area contributed by atoms with Crippen molar-refractivity contribution < 1.29 is 33.4 Å². The maximum absolute atomic E-state index is 12.8. The monoisotopic (exact) mass is 341 g/mol. The van der Waals surface area contributed by atoms with Crippen molar-refractivity contribution in [1.29, 1.82) is 0 Å². The van der Waals surface area contributed by atoms with E-state index in [0.29, 0.717) is 0 Å². The molecule has 0 aliphatic carbocycles. The fourth-order valence-electron chi connectivity index (χ4n) is 1.62. The van der Waals surface area contributed by atoms with Crippen molar-refractivity contribution in [1.82, 2.24) is 5.32 Å². The Morgan fingerprint density at radius 3 is 2.09 bits per heavy atom. The van der Waals surface area contributed by atoms with Gasteiger partial charge in [-0.1, -0.05) is 0 Å². The number of aliphatic hydroxyl groups is 2. The van der Waals surface area contributed by atoms with Gasteiger partial charge in [0, 0.05) is 6.42 Å². The molecule has 0 fully saturated rings. The molecule has 0 aromatic rings. The van der Waals surface area contributed by atoms with Crippen molar-refractivity contribution in [3.8, 4) is 0 Å². The summed E-state index contributed by atoms with van der Waals surface area (Å²) in [5.74, 6) is -1.12. The van der Waals surface area contributed by atoms with Gasteiger partial charge in [-0.2, -0.15) is 0 Å². The lowest BCUT2D eigenvalue weighted by Gasteiger charge is -2.29. The molecular weight excluding hydrogens is 313 g/mol. The molecule has 0 aromatic carbocycles. The lowest BCUT2D eigenvalue weighted by Crippen LogP contribution is -2.41. The van der Waals surface area contributed by atoms with Crippen LogP contribution in [0.1, 0.15) is 41.0 Å². The van der Waals surface area contributed by atoms with Gasteiger partial charge in [0.1, 0.15) is 11.4 Å². The Bertz CT molecular complexity index is 373. The highest BCUT2D eigenvalue weighted by Crippen LogP contribution is 2.53. The molecule has 0 saturated heterocycles. The fraction of sp³-hybridized carbons (Fsp3) is 0.923. The number of rotatable bonds is 9. The standard InChI is InChI=1S/C13H28NO7P/c1-6-19-22(18,20-7-2)11(8-10(16)9-15)14-12(17)21-13(3,4)5/h10-11,15-16H,6-9H2,1-5H3,(H,14,17)/t10-,11-/m1/s1. The lowest BCUT2D eigenvalue weighted by atomic mass is 10.2. The Balaban J connectivity index is 5.16. The topological polar surface area (TPSA) is 114 Å². The van der Waals surface area contributed by atoms with E-state index in [2.05, 4.69) is 5.32 Å². The number of carbonyl (C=O) groups is 1. The first-order valence-corrected chi connectivity index (χ1v) is 8.86. The van der Waals surface area contributed by atoms with Crippen LogP contribution in [0.5, 0.6) is 0 Å². The number of ether oxygens (including phenoxy) is 1. The Morgan fingerprint density at radius 1 is 1.23 bits per heavy atom. The molecule has 0 heterocycles. The zero-order valence-corrected chi connectivity index (χ0v) is 14.8. The molecule has 0 aliphatic rings. The number of aliphatic hydroxyl groups excluding tert-OH is 2. The second-order valence-corrected chi connectivity index (χ2v) is 7.83. The number of amides is 1. The summed E-state index contributed by atoms with van der Waals surface area (Å²) in [5.41, 5.74) is -0.731. The van der Waals surface area contributed by atoms with Crippen LogP contribution in [-0.2, 0) is 18.3 Å². The number of hydrogen-bond acceptors (Lipinski definition) is 7. The molecule has 0 rings (SSSR count). The third-order valence-corrected chi connectivity index (χ3v) is 4.73. The summed E-state index contributed by atoms with van der Waals surface area (Å²) in [6.07, 6.45) is -2.16. The first-order chi connectivity index (χ1) is 10.1. The molecule has 0 aliphatic heterocycles. The maximum Gasteiger partial charge on any atom is 0.408 e. The molecule has 0 spiro atoms. The van der Waals surface area contributed by atoms with Crippen molar-refractivity contribution in [2.75, 3.05) is 19.8 Å². The van der Waals surface area contributed by atoms with Gasteiger partial charge in [0.15, 0.2) is 0 Å². The van der Waals surface area contributed by atoms with Gasteiger partial charge in [0.2, 0.25) is 0 Å². The van der Waals surface area contributed by atoms with Gasteiger partial charge >= 0.3 is 13.7 Å². The molecule has 0 saturated carbocycles. The fourth-order valence-corrected chi connectivity index (χ4v) is 3.54. The van der Waals surface area contributed by atoms with E-state index in [0.717, 1.165) is 0 Å². The molecule has 0 aromatic heterocycles. The molecular formula is C13H28NO7P. The molecule has 22 heavy (non-hydrogen) atoms. The highest BCUT2D eigenvalue weighted by molar-refractivity contribution is 7.54. The summed E-state index contributed by atoms with van der Waals surface area (Å²) in [6.45, 7) is 8.03. The van der Waals surface area contributed by atoms with Crippen molar-refractivity contribution in [3.05, 3.63) is 0 Å². The van der Waals surface area contributed by atoms with E-state index < -0.39 is 37.8 Å². The van der Waals surface area contributed by atoms with Crippen molar-refractivity contribution in [2.24, 2.45) is 0 Å². The van der Waals surface area contributed by atoms with Gasteiger partial charge < -0.3 is 29.3 Å². The average Bonchev–Trinajstić information content (AvgIpc) is 2.36. The van der Waals surface area contributed by atoms with E-state index in [9.17, 15) is 14.5 Å². The smallest absolute Gasteiger partial charge is 0.408 e. The maximum atomic E-state index is 12.8. The number of hydrogen-bond donors (Lipinski definition) is 3. The number of nitrogens with one attached hydrogen (secondary N) is 1. The highest BCUT2D eigenvalue weighted by Gasteiger charge is 2.39. The first-order valence-electron chi connectivity index (χ1n) is 7.25. The molecule has 0 unspecified atom stereocenters. The van der Waals surface area contributed by atoms with Gasteiger partial charge in [-0.3, -0.25) is 4.57 Å². The van der Waals surface area contributed by atoms with Crippen LogP contribution in [0.3, 0.4) is 0 Å². The normalized spacial score (nSPS) is 15.2. The van der Waals surface area contributed by atoms with E-state index in [1.165, 1.54) is 0 Å². The summed E-state index contributed by atoms with van der Waals surface area (Å²) in [4.78, 5) is 11.9. The van der Waals surface area contributed by atoms with E-state index in [-0.39, 0.29) is 19.6 Å². The van der Waals surface area contributed by atoms with Crippen LogP contribution in [0.2, 0.25) is 0 Å². The number of carbonyl (C=O) groups excluding carboxylic acids is 1. The predicted octanol–water partition coefficient (Wildman–Crippen LogP) is 1.85. The Labute approximate surface area is 131 Å². The highest BCUT2D eigenvalue weighted by atomic mass is 31.2. The lowest BCUT2D eigenvalue weighted by molar-refractivity contribution is 0.0463. The molecule has 0 bridgehead atoms. The van der Waals surface area contributed by atoms with Crippen LogP contribution in [0.15, 0.2) is 0 Å². The summed E-state index contributed by atoms with van der Waals surface area (Å²) >= 11 is 0. The van der Waals surface area contributed by atoms with Crippen LogP contribution in [0, 0.1) is 0 Å². The summed E-state index contributed by atoms with van der Waals surface area (Å²) in [7, 11) is -3.70.